The van der Waals surface area contributed by atoms with Crippen LogP contribution in [0.4, 0.5) is 0 Å². The molecule has 0 radical (unpaired) electrons. The molecule has 0 aliphatic heterocycles. The molecule has 0 unspecified atom stereocenters. The lowest BCUT2D eigenvalue weighted by molar-refractivity contribution is 0.112. The molecule has 1 aromatic heterocycles. The third kappa shape index (κ3) is 1.27. The Kier molecular flexibility index (Phi) is 1.93. The van der Waals surface area contributed by atoms with Crippen molar-refractivity contribution < 1.29 is 4.79 Å². The summed E-state index contributed by atoms with van der Waals surface area (Å²) in [6.07, 6.45) is 0.924. The average Bonchev–Trinajstić information content (AvgIpc) is 2.48. The zero-order chi connectivity index (χ0) is 9.42. The summed E-state index contributed by atoms with van der Waals surface area (Å²) in [5.41, 5.74) is 3.34. The molecule has 0 aliphatic carbocycles. The predicted octanol–water partition coefficient (Wildman–Crippen LogP) is 3.33. The van der Waals surface area contributed by atoms with Gasteiger partial charge in [-0.25, -0.2) is 0 Å². The van der Waals surface area contributed by atoms with Gasteiger partial charge in [0.05, 0.1) is 0 Å². The van der Waals surface area contributed by atoms with Crippen molar-refractivity contribution >= 4 is 27.7 Å². The Balaban J connectivity index is 2.84. The molecule has 1 nitrogen and oxygen atoms in total. The zero-order valence-corrected chi connectivity index (χ0v) is 8.44. The van der Waals surface area contributed by atoms with Crippen molar-refractivity contribution in [3.63, 3.8) is 0 Å². The molecule has 0 fully saturated rings. The molecular formula is C11H10OS. The Morgan fingerprint density at radius 2 is 1.92 bits per heavy atom. The van der Waals surface area contributed by atoms with E-state index in [1.807, 2.05) is 5.38 Å². The Bertz CT molecular complexity index is 468. The van der Waals surface area contributed by atoms with E-state index in [0.29, 0.717) is 0 Å². The minimum Gasteiger partial charge on any atom is -0.298 e. The standard InChI is InChI=1S/C11H10OS/c1-7-3-10-9(5-12)6-13-11(10)4-8(7)2/h3-6H,1-2H3. The molecule has 2 rings (SSSR count). The summed E-state index contributed by atoms with van der Waals surface area (Å²) in [5.74, 6) is 0. The van der Waals surface area contributed by atoms with Crippen molar-refractivity contribution in [3.05, 3.63) is 34.2 Å². The largest absolute Gasteiger partial charge is 0.298 e. The number of benzene rings is 1. The molecule has 0 saturated carbocycles. The lowest BCUT2D eigenvalue weighted by Crippen LogP contribution is -1.81. The molecule has 2 heteroatoms. The minimum absolute atomic E-state index is 0.808. The van der Waals surface area contributed by atoms with Gasteiger partial charge in [-0.2, -0.15) is 0 Å². The van der Waals surface area contributed by atoms with Gasteiger partial charge in [-0.3, -0.25) is 4.79 Å². The number of rotatable bonds is 1. The van der Waals surface area contributed by atoms with Crippen molar-refractivity contribution in [2.24, 2.45) is 0 Å². The van der Waals surface area contributed by atoms with Crippen LogP contribution in [-0.2, 0) is 0 Å². The highest BCUT2D eigenvalue weighted by Crippen LogP contribution is 2.27. The van der Waals surface area contributed by atoms with Crippen LogP contribution in [0.15, 0.2) is 17.5 Å². The quantitative estimate of drug-likeness (QED) is 0.630. The van der Waals surface area contributed by atoms with Crippen LogP contribution < -0.4 is 0 Å². The highest BCUT2D eigenvalue weighted by Gasteiger charge is 2.04. The summed E-state index contributed by atoms with van der Waals surface area (Å²) in [6.45, 7) is 4.16. The van der Waals surface area contributed by atoms with Crippen LogP contribution in [0.25, 0.3) is 10.1 Å². The first kappa shape index (κ1) is 8.45. The van der Waals surface area contributed by atoms with Gasteiger partial charge < -0.3 is 0 Å². The number of aryl methyl sites for hydroxylation is 2. The first-order chi connectivity index (χ1) is 6.22. The minimum atomic E-state index is 0.808. The Hall–Kier alpha value is -1.15. The van der Waals surface area contributed by atoms with E-state index in [2.05, 4.69) is 26.0 Å². The summed E-state index contributed by atoms with van der Waals surface area (Å²) >= 11 is 1.63. The lowest BCUT2D eigenvalue weighted by atomic mass is 10.1. The normalized spacial score (nSPS) is 10.6. The summed E-state index contributed by atoms with van der Waals surface area (Å²) in [5, 5.41) is 3.00. The lowest BCUT2D eigenvalue weighted by Gasteiger charge is -1.99. The second kappa shape index (κ2) is 2.96. The van der Waals surface area contributed by atoms with Crippen LogP contribution >= 0.6 is 11.3 Å². The molecule has 0 saturated heterocycles. The molecule has 1 heterocycles. The maximum atomic E-state index is 10.7. The van der Waals surface area contributed by atoms with E-state index < -0.39 is 0 Å². The molecule has 1 aromatic carbocycles. The summed E-state index contributed by atoms with van der Waals surface area (Å²) < 4.78 is 1.20. The molecule has 0 atom stereocenters. The van der Waals surface area contributed by atoms with Gasteiger partial charge in [0.2, 0.25) is 0 Å². The van der Waals surface area contributed by atoms with Crippen molar-refractivity contribution in [2.75, 3.05) is 0 Å². The maximum absolute atomic E-state index is 10.7. The van der Waals surface area contributed by atoms with Gasteiger partial charge in [-0.1, -0.05) is 0 Å². The van der Waals surface area contributed by atoms with E-state index in [9.17, 15) is 4.79 Å². The highest BCUT2D eigenvalue weighted by molar-refractivity contribution is 7.17. The van der Waals surface area contributed by atoms with E-state index in [0.717, 1.165) is 17.2 Å². The second-order valence-corrected chi connectivity index (χ2v) is 4.15. The second-order valence-electron chi connectivity index (χ2n) is 3.24. The van der Waals surface area contributed by atoms with Crippen molar-refractivity contribution in [3.8, 4) is 0 Å². The Morgan fingerprint density at radius 1 is 1.23 bits per heavy atom. The predicted molar refractivity (Wildman–Crippen MR) is 56.7 cm³/mol. The van der Waals surface area contributed by atoms with Crippen LogP contribution in [0.1, 0.15) is 21.5 Å². The van der Waals surface area contributed by atoms with Gasteiger partial charge in [0, 0.05) is 21.0 Å². The van der Waals surface area contributed by atoms with Gasteiger partial charge in [0.15, 0.2) is 6.29 Å². The number of hydrogen-bond acceptors (Lipinski definition) is 2. The monoisotopic (exact) mass is 190 g/mol. The fourth-order valence-corrected chi connectivity index (χ4v) is 2.38. The molecule has 0 bridgehead atoms. The van der Waals surface area contributed by atoms with Gasteiger partial charge in [-0.15, -0.1) is 11.3 Å². The van der Waals surface area contributed by atoms with E-state index in [1.54, 1.807) is 11.3 Å². The SMILES string of the molecule is Cc1cc2scc(C=O)c2cc1C. The molecule has 0 spiro atoms. The van der Waals surface area contributed by atoms with Gasteiger partial charge >= 0.3 is 0 Å². The van der Waals surface area contributed by atoms with Crippen LogP contribution in [0, 0.1) is 13.8 Å². The molecule has 0 N–H and O–H groups in total. The molecular weight excluding hydrogens is 180 g/mol. The number of fused-ring (bicyclic) bond motifs is 1. The summed E-state index contributed by atoms with van der Waals surface area (Å²) in [4.78, 5) is 10.7. The van der Waals surface area contributed by atoms with E-state index >= 15 is 0 Å². The van der Waals surface area contributed by atoms with Gasteiger partial charge in [-0.05, 0) is 37.1 Å². The number of carbonyl (C=O) groups is 1. The van der Waals surface area contributed by atoms with Crippen molar-refractivity contribution in [1.29, 1.82) is 0 Å². The number of thiophene rings is 1. The van der Waals surface area contributed by atoms with Crippen LogP contribution in [0.5, 0.6) is 0 Å². The molecule has 0 aliphatic rings. The first-order valence-electron chi connectivity index (χ1n) is 4.16. The third-order valence-corrected chi connectivity index (χ3v) is 3.31. The average molecular weight is 190 g/mol. The number of hydrogen-bond donors (Lipinski definition) is 0. The van der Waals surface area contributed by atoms with E-state index in [-0.39, 0.29) is 0 Å². The first-order valence-corrected chi connectivity index (χ1v) is 5.04. The third-order valence-electron chi connectivity index (χ3n) is 2.35. The fourth-order valence-electron chi connectivity index (χ4n) is 1.39. The van der Waals surface area contributed by atoms with Crippen molar-refractivity contribution in [2.45, 2.75) is 13.8 Å². The molecule has 66 valence electrons. The Morgan fingerprint density at radius 3 is 2.62 bits per heavy atom. The van der Waals surface area contributed by atoms with Gasteiger partial charge in [0.1, 0.15) is 0 Å². The van der Waals surface area contributed by atoms with E-state index in [1.165, 1.54) is 15.8 Å². The van der Waals surface area contributed by atoms with Crippen LogP contribution in [0.2, 0.25) is 0 Å². The van der Waals surface area contributed by atoms with Crippen LogP contribution in [-0.4, -0.2) is 6.29 Å². The highest BCUT2D eigenvalue weighted by atomic mass is 32.1. The molecule has 2 aromatic rings. The van der Waals surface area contributed by atoms with Crippen LogP contribution in [0.3, 0.4) is 0 Å². The summed E-state index contributed by atoms with van der Waals surface area (Å²) in [6, 6.07) is 4.23. The van der Waals surface area contributed by atoms with E-state index in [4.69, 9.17) is 0 Å². The molecule has 13 heavy (non-hydrogen) atoms. The fraction of sp³-hybridized carbons (Fsp3) is 0.182. The van der Waals surface area contributed by atoms with Gasteiger partial charge in [0.25, 0.3) is 0 Å². The number of carbonyl (C=O) groups excluding carboxylic acids is 1. The van der Waals surface area contributed by atoms with Crippen molar-refractivity contribution in [1.82, 2.24) is 0 Å². The maximum Gasteiger partial charge on any atom is 0.151 e. The molecule has 0 amide bonds. The zero-order valence-electron chi connectivity index (χ0n) is 7.63. The Labute approximate surface area is 81.0 Å². The number of aldehydes is 1. The topological polar surface area (TPSA) is 17.1 Å². The smallest absolute Gasteiger partial charge is 0.151 e. The summed E-state index contributed by atoms with van der Waals surface area (Å²) in [7, 11) is 0.